The van der Waals surface area contributed by atoms with E-state index >= 15 is 0 Å². The molecule has 0 N–H and O–H groups in total. The number of hydrogen-bond acceptors (Lipinski definition) is 5. The third-order valence-corrected chi connectivity index (χ3v) is 5.93. The van der Waals surface area contributed by atoms with Gasteiger partial charge in [0.05, 0.1) is 9.82 Å². The summed E-state index contributed by atoms with van der Waals surface area (Å²) < 4.78 is 26.8. The second-order valence-electron chi connectivity index (χ2n) is 4.87. The average Bonchev–Trinajstić information content (AvgIpc) is 2.99. The summed E-state index contributed by atoms with van der Waals surface area (Å²) in [5.41, 5.74) is 0.211. The van der Waals surface area contributed by atoms with Crippen LogP contribution >= 0.6 is 11.3 Å². The number of rotatable bonds is 7. The molecule has 0 aliphatic rings. The van der Waals surface area contributed by atoms with Crippen LogP contribution in [-0.2, 0) is 16.6 Å². The van der Waals surface area contributed by atoms with E-state index in [1.807, 2.05) is 17.5 Å². The number of aryl methyl sites for hydroxylation is 1. The number of thiophene rings is 1. The van der Waals surface area contributed by atoms with Gasteiger partial charge in [0, 0.05) is 29.6 Å². The highest BCUT2D eigenvalue weighted by Gasteiger charge is 2.26. The molecule has 0 aliphatic heterocycles. The van der Waals surface area contributed by atoms with Crippen LogP contribution in [0.1, 0.15) is 10.4 Å². The molecule has 6 nitrogen and oxygen atoms in total. The van der Waals surface area contributed by atoms with Gasteiger partial charge in [-0.15, -0.1) is 17.9 Å². The molecule has 2 rings (SSSR count). The van der Waals surface area contributed by atoms with Crippen LogP contribution in [0.15, 0.2) is 53.3 Å². The minimum Gasteiger partial charge on any atom is -0.258 e. The Bertz CT molecular complexity index is 814. The van der Waals surface area contributed by atoms with E-state index in [4.69, 9.17) is 0 Å². The Morgan fingerprint density at radius 1 is 1.39 bits per heavy atom. The molecule has 23 heavy (non-hydrogen) atoms. The van der Waals surface area contributed by atoms with Crippen LogP contribution in [-0.4, -0.2) is 24.2 Å². The Labute approximate surface area is 138 Å². The zero-order chi connectivity index (χ0) is 17.0. The summed E-state index contributed by atoms with van der Waals surface area (Å²) in [5, 5.41) is 12.9. The predicted molar refractivity (Wildman–Crippen MR) is 89.9 cm³/mol. The lowest BCUT2D eigenvalue weighted by Crippen LogP contribution is -2.30. The van der Waals surface area contributed by atoms with Gasteiger partial charge in [0.15, 0.2) is 0 Å². The van der Waals surface area contributed by atoms with Crippen LogP contribution in [0, 0.1) is 17.0 Å². The Kier molecular flexibility index (Phi) is 5.30. The number of nitrogens with zero attached hydrogens (tertiary/aromatic N) is 2. The van der Waals surface area contributed by atoms with E-state index in [0.29, 0.717) is 5.56 Å². The van der Waals surface area contributed by atoms with E-state index < -0.39 is 14.9 Å². The fourth-order valence-corrected chi connectivity index (χ4v) is 4.27. The first-order valence-electron chi connectivity index (χ1n) is 6.74. The average molecular weight is 352 g/mol. The quantitative estimate of drug-likeness (QED) is 0.435. The molecular weight excluding hydrogens is 336 g/mol. The number of benzene rings is 1. The van der Waals surface area contributed by atoms with E-state index in [1.54, 1.807) is 6.92 Å². The van der Waals surface area contributed by atoms with Gasteiger partial charge in [0.1, 0.15) is 0 Å². The van der Waals surface area contributed by atoms with Gasteiger partial charge < -0.3 is 0 Å². The van der Waals surface area contributed by atoms with E-state index in [0.717, 1.165) is 10.9 Å². The molecule has 1 aromatic heterocycles. The van der Waals surface area contributed by atoms with Crippen molar-refractivity contribution in [1.82, 2.24) is 4.31 Å². The third kappa shape index (κ3) is 3.84. The van der Waals surface area contributed by atoms with Crippen molar-refractivity contribution in [3.63, 3.8) is 0 Å². The van der Waals surface area contributed by atoms with E-state index in [-0.39, 0.29) is 23.7 Å². The smallest absolute Gasteiger partial charge is 0.258 e. The highest BCUT2D eigenvalue weighted by atomic mass is 32.2. The summed E-state index contributed by atoms with van der Waals surface area (Å²) in [6, 6.07) is 7.63. The Balaban J connectivity index is 2.43. The predicted octanol–water partition coefficient (Wildman–Crippen LogP) is 3.34. The third-order valence-electron chi connectivity index (χ3n) is 3.26. The Hall–Kier alpha value is -2.03. The van der Waals surface area contributed by atoms with Crippen molar-refractivity contribution in [2.75, 3.05) is 6.54 Å². The fourth-order valence-electron chi connectivity index (χ4n) is 2.06. The lowest BCUT2D eigenvalue weighted by atomic mass is 10.2. The van der Waals surface area contributed by atoms with Crippen molar-refractivity contribution in [3.8, 4) is 0 Å². The van der Waals surface area contributed by atoms with Crippen LogP contribution in [0.25, 0.3) is 0 Å². The van der Waals surface area contributed by atoms with Crippen molar-refractivity contribution in [2.45, 2.75) is 18.4 Å². The monoisotopic (exact) mass is 352 g/mol. The molecule has 0 radical (unpaired) electrons. The van der Waals surface area contributed by atoms with Crippen LogP contribution < -0.4 is 0 Å². The van der Waals surface area contributed by atoms with Gasteiger partial charge in [0.25, 0.3) is 5.69 Å². The molecule has 0 saturated carbocycles. The standard InChI is InChI=1S/C15H16N2O4S2/c1-3-8-16(11-13-5-4-9-22-13)23(20,21)14-7-6-12(2)15(10-14)17(18)19/h3-7,9-10H,1,8,11H2,2H3. The molecule has 0 amide bonds. The summed E-state index contributed by atoms with van der Waals surface area (Å²) in [6.07, 6.45) is 1.49. The highest BCUT2D eigenvalue weighted by Crippen LogP contribution is 2.26. The van der Waals surface area contributed by atoms with Crippen molar-refractivity contribution in [3.05, 3.63) is 68.9 Å². The first-order valence-corrected chi connectivity index (χ1v) is 9.06. The Morgan fingerprint density at radius 3 is 2.70 bits per heavy atom. The Morgan fingerprint density at radius 2 is 2.13 bits per heavy atom. The first kappa shape index (κ1) is 17.3. The van der Waals surface area contributed by atoms with Crippen molar-refractivity contribution < 1.29 is 13.3 Å². The molecule has 0 aliphatic carbocycles. The fraction of sp³-hybridized carbons (Fsp3) is 0.200. The molecule has 0 atom stereocenters. The number of hydrogen-bond donors (Lipinski definition) is 0. The molecular formula is C15H16N2O4S2. The van der Waals surface area contributed by atoms with Gasteiger partial charge in [-0.2, -0.15) is 4.31 Å². The molecule has 0 saturated heterocycles. The van der Waals surface area contributed by atoms with Gasteiger partial charge in [0.2, 0.25) is 10.0 Å². The van der Waals surface area contributed by atoms with E-state index in [2.05, 4.69) is 6.58 Å². The lowest BCUT2D eigenvalue weighted by molar-refractivity contribution is -0.385. The van der Waals surface area contributed by atoms with Gasteiger partial charge in [-0.25, -0.2) is 8.42 Å². The molecule has 122 valence electrons. The summed E-state index contributed by atoms with van der Waals surface area (Å²) >= 11 is 1.45. The molecule has 8 heteroatoms. The van der Waals surface area contributed by atoms with Crippen molar-refractivity contribution >= 4 is 27.0 Å². The van der Waals surface area contributed by atoms with Crippen molar-refractivity contribution in [2.24, 2.45) is 0 Å². The summed E-state index contributed by atoms with van der Waals surface area (Å²) in [6.45, 7) is 5.49. The maximum Gasteiger partial charge on any atom is 0.273 e. The minimum absolute atomic E-state index is 0.0896. The second-order valence-corrected chi connectivity index (χ2v) is 7.84. The topological polar surface area (TPSA) is 80.5 Å². The van der Waals surface area contributed by atoms with Gasteiger partial charge >= 0.3 is 0 Å². The van der Waals surface area contributed by atoms with Gasteiger partial charge in [-0.1, -0.05) is 18.2 Å². The largest absolute Gasteiger partial charge is 0.273 e. The summed E-state index contributed by atoms with van der Waals surface area (Å²) in [5.74, 6) is 0. The first-order chi connectivity index (χ1) is 10.9. The van der Waals surface area contributed by atoms with Crippen LogP contribution in [0.5, 0.6) is 0 Å². The molecule has 1 aromatic carbocycles. The van der Waals surface area contributed by atoms with E-state index in [9.17, 15) is 18.5 Å². The number of sulfonamides is 1. The van der Waals surface area contributed by atoms with E-state index in [1.165, 1.54) is 33.9 Å². The zero-order valence-electron chi connectivity index (χ0n) is 12.5. The minimum atomic E-state index is -3.85. The van der Waals surface area contributed by atoms with Crippen molar-refractivity contribution in [1.29, 1.82) is 0 Å². The molecule has 0 unspecified atom stereocenters. The second kappa shape index (κ2) is 7.03. The highest BCUT2D eigenvalue weighted by molar-refractivity contribution is 7.89. The van der Waals surface area contributed by atoms with Crippen LogP contribution in [0.3, 0.4) is 0 Å². The molecule has 2 aromatic rings. The number of nitro benzene ring substituents is 1. The van der Waals surface area contributed by atoms with Gasteiger partial charge in [-0.3, -0.25) is 10.1 Å². The maximum absolute atomic E-state index is 12.8. The normalized spacial score (nSPS) is 11.6. The summed E-state index contributed by atoms with van der Waals surface area (Å²) in [4.78, 5) is 11.3. The SMILES string of the molecule is C=CCN(Cc1cccs1)S(=O)(=O)c1ccc(C)c([N+](=O)[O-])c1. The zero-order valence-corrected chi connectivity index (χ0v) is 14.1. The molecule has 0 bridgehead atoms. The molecule has 1 heterocycles. The maximum atomic E-state index is 12.8. The lowest BCUT2D eigenvalue weighted by Gasteiger charge is -2.20. The summed E-state index contributed by atoms with van der Waals surface area (Å²) in [7, 11) is -3.85. The van der Waals surface area contributed by atoms with Crippen LogP contribution in [0.2, 0.25) is 0 Å². The van der Waals surface area contributed by atoms with Gasteiger partial charge in [-0.05, 0) is 24.4 Å². The molecule has 0 fully saturated rings. The number of nitro groups is 1. The molecule has 0 spiro atoms. The van der Waals surface area contributed by atoms with Crippen LogP contribution in [0.4, 0.5) is 5.69 Å².